The number of hydrogen-bond donors (Lipinski definition) is 1. The number of carbonyl (C=O) groups is 1. The second-order valence-electron chi connectivity index (χ2n) is 24.6. The van der Waals surface area contributed by atoms with Crippen LogP contribution >= 0.6 is 34.0 Å². The first-order valence-corrected chi connectivity index (χ1v) is 31.3. The maximum Gasteiger partial charge on any atom is 1.00 e. The van der Waals surface area contributed by atoms with E-state index >= 15 is 0 Å². The van der Waals surface area contributed by atoms with Crippen LogP contribution in [-0.4, -0.2) is 140 Å². The van der Waals surface area contributed by atoms with E-state index < -0.39 is 5.60 Å². The number of amides is 1. The van der Waals surface area contributed by atoms with Crippen molar-refractivity contribution in [3.8, 4) is 0 Å². The maximum atomic E-state index is 12.9. The molecule has 1 N–H and O–H groups in total. The molecule has 0 unspecified atom stereocenters. The number of allylic oxidation sites excluding steroid dienone is 1. The van der Waals surface area contributed by atoms with Crippen LogP contribution in [0.2, 0.25) is 0 Å². The van der Waals surface area contributed by atoms with Gasteiger partial charge in [-0.15, -0.1) is 34.0 Å². The predicted octanol–water partition coefficient (Wildman–Crippen LogP) is 10.9. The number of thiazole rings is 3. The minimum Gasteiger partial charge on any atom is -1.00 e. The number of fused-ring (bicyclic) bond motifs is 3. The summed E-state index contributed by atoms with van der Waals surface area (Å²) in [7, 11) is 6.63. The van der Waals surface area contributed by atoms with Crippen molar-refractivity contribution in [2.75, 3.05) is 80.0 Å². The summed E-state index contributed by atoms with van der Waals surface area (Å²) in [5.74, 6) is 3.85. The van der Waals surface area contributed by atoms with Gasteiger partial charge in [-0.05, 0) is 224 Å². The van der Waals surface area contributed by atoms with Gasteiger partial charge >= 0.3 is 35.7 Å². The molecule has 3 radical (unpaired) electrons. The van der Waals surface area contributed by atoms with Crippen molar-refractivity contribution < 1.29 is 40.5 Å². The van der Waals surface area contributed by atoms with Crippen molar-refractivity contribution in [3.63, 3.8) is 0 Å². The van der Waals surface area contributed by atoms with E-state index in [0.29, 0.717) is 36.3 Å². The summed E-state index contributed by atoms with van der Waals surface area (Å²) >= 11 is 5.62. The molecule has 12 rings (SSSR count). The second-order valence-corrected chi connectivity index (χ2v) is 27.8. The number of likely N-dealkylation sites (tertiary alicyclic amines) is 3. The van der Waals surface area contributed by atoms with E-state index in [0.717, 1.165) is 67.6 Å². The van der Waals surface area contributed by atoms with Gasteiger partial charge in [-0.25, -0.2) is 19.7 Å². The molecule has 0 bridgehead atoms. The van der Waals surface area contributed by atoms with E-state index in [-0.39, 0.29) is 45.5 Å². The molecular formula is C62H86BN9NaO2S3. The zero-order chi connectivity index (χ0) is 53.1. The van der Waals surface area contributed by atoms with Crippen molar-refractivity contribution in [3.05, 3.63) is 92.4 Å². The summed E-state index contributed by atoms with van der Waals surface area (Å²) < 4.78 is 9.59. The Kier molecular flexibility index (Phi) is 21.4. The molecule has 9 heterocycles. The fraction of sp³-hybridized carbons (Fsp3) is 0.597. The first-order chi connectivity index (χ1) is 36.6. The largest absolute Gasteiger partial charge is 1.00 e. The van der Waals surface area contributed by atoms with E-state index in [1.807, 2.05) is 54.8 Å². The van der Waals surface area contributed by atoms with Gasteiger partial charge in [-0.2, -0.15) is 0 Å². The summed E-state index contributed by atoms with van der Waals surface area (Å²) in [6, 6.07) is 20.6. The van der Waals surface area contributed by atoms with Crippen LogP contribution in [0.3, 0.4) is 0 Å². The molecule has 78 heavy (non-hydrogen) atoms. The van der Waals surface area contributed by atoms with Crippen molar-refractivity contribution in [2.24, 2.45) is 22.7 Å². The van der Waals surface area contributed by atoms with Crippen LogP contribution in [0.25, 0.3) is 36.3 Å². The molecule has 1 amide bonds. The topological polar surface area (TPSA) is 102 Å². The van der Waals surface area contributed by atoms with Gasteiger partial charge in [0.25, 0.3) is 0 Å². The van der Waals surface area contributed by atoms with Crippen LogP contribution in [0.4, 0.5) is 4.79 Å². The van der Waals surface area contributed by atoms with Crippen molar-refractivity contribution in [1.82, 2.24) is 39.9 Å². The molecule has 0 spiro atoms. The SMILES string of the molecule is C[C@H]1CC=C(c2ccc3sc(C4CCN(C)CC4)nc3c2)N(C(=O)OC(C)(C)C)C1.C[C@H]1CCC(c2ccc3sc(C4CCN(C)CC4)nc3c2)=NC1.C[C@H]1CC[C@H](c2ccc3sc(C4CCN(C)CC4)nc3c2)NC1.[B].[H-].[Na+]. The Morgan fingerprint density at radius 1 is 0.628 bits per heavy atom. The maximum absolute atomic E-state index is 12.9. The van der Waals surface area contributed by atoms with Gasteiger partial charge in [0.05, 0.1) is 51.4 Å². The van der Waals surface area contributed by atoms with Crippen molar-refractivity contribution in [2.45, 2.75) is 142 Å². The molecule has 4 saturated heterocycles. The standard InChI is InChI=1S/C24H33N3O2S.C19H27N3S.C19H25N3S.B.Na.H/c1-16-6-8-20(27(15-16)23(28)29-24(2,3)4)18-7-9-21-19(14-18)25-22(30-21)17-10-12-26(5)13-11-17;2*1-13-3-5-16(20-12-13)15-4-6-18-17(11-15)21-19(23-18)14-7-9-22(2)10-8-14;;;/h7-9,14,16-17H,6,10-13,15H2,1-5H3;4,6,11,13-14,16,20H,3,5,7-10,12H2,1-2H3;4,6,11,13-14H,3,5,7-10,12H2,1-2H3;;;/q;;;;+1;-1/t16-;13-,16+;13-;;;/m000.../s1. The Morgan fingerprint density at radius 3 is 1.59 bits per heavy atom. The molecule has 16 heteroatoms. The molecule has 4 atom stereocenters. The van der Waals surface area contributed by atoms with Gasteiger partial charge in [-0.1, -0.05) is 45.0 Å². The molecule has 6 aliphatic heterocycles. The summed E-state index contributed by atoms with van der Waals surface area (Å²) in [5, 5.41) is 7.64. The van der Waals surface area contributed by atoms with Crippen LogP contribution in [0, 0.1) is 17.8 Å². The number of piperidine rings is 4. The number of rotatable bonds is 6. The fourth-order valence-electron chi connectivity index (χ4n) is 11.7. The summed E-state index contributed by atoms with van der Waals surface area (Å²) in [4.78, 5) is 41.7. The average molecular weight is 1120 g/mol. The van der Waals surface area contributed by atoms with Crippen LogP contribution in [0.1, 0.15) is 169 Å². The fourth-order valence-corrected chi connectivity index (χ4v) is 15.1. The number of aromatic nitrogens is 3. The zero-order valence-electron chi connectivity index (χ0n) is 49.7. The minimum atomic E-state index is -0.509. The minimum absolute atomic E-state index is 0. The summed E-state index contributed by atoms with van der Waals surface area (Å²) in [5.41, 5.74) is 8.87. The second kappa shape index (κ2) is 27.3. The number of benzene rings is 3. The molecular weight excluding hydrogens is 1030 g/mol. The van der Waals surface area contributed by atoms with Gasteiger partial charge in [0.15, 0.2) is 0 Å². The Balaban J connectivity index is 0.000000170. The summed E-state index contributed by atoms with van der Waals surface area (Å²) in [6.07, 6.45) is 15.2. The van der Waals surface area contributed by atoms with Gasteiger partial charge in [0.1, 0.15) is 5.60 Å². The molecule has 3 aromatic heterocycles. The van der Waals surface area contributed by atoms with E-state index in [9.17, 15) is 4.79 Å². The Labute approximate surface area is 503 Å². The van der Waals surface area contributed by atoms with Gasteiger partial charge in [0.2, 0.25) is 0 Å². The van der Waals surface area contributed by atoms with Gasteiger partial charge in [0, 0.05) is 56.6 Å². The third-order valence-corrected chi connectivity index (χ3v) is 20.3. The van der Waals surface area contributed by atoms with Crippen LogP contribution in [0.15, 0.2) is 65.7 Å². The van der Waals surface area contributed by atoms with E-state index in [4.69, 9.17) is 24.7 Å². The molecule has 0 saturated carbocycles. The number of ether oxygens (including phenoxy) is 1. The molecule has 0 aliphatic carbocycles. The number of carbonyl (C=O) groups excluding carboxylic acids is 1. The molecule has 413 valence electrons. The number of nitrogens with one attached hydrogen (secondary N) is 1. The van der Waals surface area contributed by atoms with E-state index in [2.05, 4.69) is 123 Å². The van der Waals surface area contributed by atoms with Crippen LogP contribution < -0.4 is 34.9 Å². The van der Waals surface area contributed by atoms with Crippen molar-refractivity contribution in [1.29, 1.82) is 0 Å². The smallest absolute Gasteiger partial charge is 1.00 e. The van der Waals surface area contributed by atoms with Crippen LogP contribution in [-0.2, 0) is 4.74 Å². The first-order valence-electron chi connectivity index (χ1n) is 28.8. The molecule has 4 fully saturated rings. The third kappa shape index (κ3) is 15.5. The average Bonchev–Trinajstić information content (AvgIpc) is 4.20. The van der Waals surface area contributed by atoms with Crippen molar-refractivity contribution >= 4 is 90.6 Å². The Hall–Kier alpha value is -3.09. The first kappa shape index (κ1) is 61.0. The molecule has 6 aliphatic rings. The number of aliphatic imine (C=N–C) groups is 1. The molecule has 11 nitrogen and oxygen atoms in total. The monoisotopic (exact) mass is 1120 g/mol. The van der Waals surface area contributed by atoms with Crippen LogP contribution in [0.5, 0.6) is 0 Å². The number of hydrogen-bond acceptors (Lipinski definition) is 13. The van der Waals surface area contributed by atoms with Gasteiger partial charge in [-0.3, -0.25) is 9.89 Å². The number of nitrogens with zero attached hydrogens (tertiary/aromatic N) is 8. The van der Waals surface area contributed by atoms with E-state index in [1.165, 1.54) is 141 Å². The Morgan fingerprint density at radius 2 is 1.12 bits per heavy atom. The molecule has 6 aromatic rings. The predicted molar refractivity (Wildman–Crippen MR) is 328 cm³/mol. The quantitative estimate of drug-likeness (QED) is 0.163. The summed E-state index contributed by atoms with van der Waals surface area (Å²) in [6.45, 7) is 22.4. The normalized spacial score (nSPS) is 23.6. The van der Waals surface area contributed by atoms with Gasteiger partial charge < -0.3 is 26.2 Å². The zero-order valence-corrected chi connectivity index (χ0v) is 53.1. The Bertz CT molecular complexity index is 2980. The third-order valence-electron chi connectivity index (χ3n) is 16.7. The van der Waals surface area contributed by atoms with E-state index in [1.54, 1.807) is 4.90 Å². The molecule has 3 aromatic carbocycles.